The number of rotatable bonds is 3. The van der Waals surface area contributed by atoms with E-state index in [1.54, 1.807) is 11.3 Å². The van der Waals surface area contributed by atoms with Crippen LogP contribution in [0.2, 0.25) is 0 Å². The van der Waals surface area contributed by atoms with Crippen LogP contribution in [0.25, 0.3) is 0 Å². The molecule has 1 aliphatic heterocycles. The Balaban J connectivity index is 1.75. The molecule has 3 nitrogen and oxygen atoms in total. The number of hydrogen-bond acceptors (Lipinski definition) is 4. The lowest BCUT2D eigenvalue weighted by molar-refractivity contribution is 0.207. The van der Waals surface area contributed by atoms with Gasteiger partial charge in [0.2, 0.25) is 0 Å². The summed E-state index contributed by atoms with van der Waals surface area (Å²) < 4.78 is 0. The van der Waals surface area contributed by atoms with E-state index in [1.807, 2.05) is 6.20 Å². The van der Waals surface area contributed by atoms with Crippen LogP contribution in [0.1, 0.15) is 36.0 Å². The van der Waals surface area contributed by atoms with Crippen LogP contribution in [-0.4, -0.2) is 29.5 Å². The SMILES string of the molecule is CC(c1nccs1)N1CCCNC(c2ccccc2)C1. The summed E-state index contributed by atoms with van der Waals surface area (Å²) in [6.45, 7) is 5.54. The summed E-state index contributed by atoms with van der Waals surface area (Å²) in [4.78, 5) is 7.03. The molecular formula is C16H21N3S. The number of hydrogen-bond donors (Lipinski definition) is 1. The van der Waals surface area contributed by atoms with Crippen molar-refractivity contribution in [3.05, 3.63) is 52.5 Å². The van der Waals surface area contributed by atoms with Crippen molar-refractivity contribution in [3.8, 4) is 0 Å². The van der Waals surface area contributed by atoms with Crippen LogP contribution in [0.3, 0.4) is 0 Å². The van der Waals surface area contributed by atoms with E-state index in [0.29, 0.717) is 12.1 Å². The molecule has 1 saturated heterocycles. The lowest BCUT2D eigenvalue weighted by atomic mass is 10.1. The third-order valence-electron chi connectivity index (χ3n) is 3.99. The fraction of sp³-hybridized carbons (Fsp3) is 0.438. The number of aromatic nitrogens is 1. The van der Waals surface area contributed by atoms with E-state index in [9.17, 15) is 0 Å². The maximum Gasteiger partial charge on any atom is 0.109 e. The monoisotopic (exact) mass is 287 g/mol. The maximum atomic E-state index is 4.48. The van der Waals surface area contributed by atoms with Gasteiger partial charge in [-0.25, -0.2) is 4.98 Å². The van der Waals surface area contributed by atoms with Crippen LogP contribution in [-0.2, 0) is 0 Å². The summed E-state index contributed by atoms with van der Waals surface area (Å²) in [7, 11) is 0. The van der Waals surface area contributed by atoms with Gasteiger partial charge in [0.05, 0.1) is 6.04 Å². The second-order valence-corrected chi connectivity index (χ2v) is 6.24. The van der Waals surface area contributed by atoms with Crippen molar-refractivity contribution in [1.29, 1.82) is 0 Å². The zero-order chi connectivity index (χ0) is 13.8. The van der Waals surface area contributed by atoms with E-state index < -0.39 is 0 Å². The molecule has 106 valence electrons. The molecule has 1 fully saturated rings. The maximum absolute atomic E-state index is 4.48. The minimum atomic E-state index is 0.404. The molecule has 1 N–H and O–H groups in total. The van der Waals surface area contributed by atoms with Crippen LogP contribution in [0.15, 0.2) is 41.9 Å². The van der Waals surface area contributed by atoms with Gasteiger partial charge >= 0.3 is 0 Å². The zero-order valence-electron chi connectivity index (χ0n) is 11.8. The van der Waals surface area contributed by atoms with E-state index in [-0.39, 0.29) is 0 Å². The van der Waals surface area contributed by atoms with Gasteiger partial charge in [0.15, 0.2) is 0 Å². The molecule has 2 aromatic rings. The van der Waals surface area contributed by atoms with Crippen LogP contribution >= 0.6 is 11.3 Å². The predicted molar refractivity (Wildman–Crippen MR) is 83.9 cm³/mol. The number of nitrogens with one attached hydrogen (secondary N) is 1. The molecule has 1 aliphatic rings. The van der Waals surface area contributed by atoms with Crippen molar-refractivity contribution >= 4 is 11.3 Å². The van der Waals surface area contributed by atoms with Gasteiger partial charge in [-0.3, -0.25) is 4.90 Å². The van der Waals surface area contributed by atoms with Gasteiger partial charge in [0, 0.05) is 30.7 Å². The van der Waals surface area contributed by atoms with Crippen molar-refractivity contribution in [1.82, 2.24) is 15.2 Å². The molecule has 0 amide bonds. The molecule has 0 bridgehead atoms. The Labute approximate surface area is 124 Å². The summed E-state index contributed by atoms with van der Waals surface area (Å²) in [5.41, 5.74) is 1.38. The number of thiazole rings is 1. The second-order valence-electron chi connectivity index (χ2n) is 5.31. The molecule has 0 saturated carbocycles. The molecule has 2 atom stereocenters. The molecule has 2 heterocycles. The summed E-state index contributed by atoms with van der Waals surface area (Å²) in [5.74, 6) is 0. The third kappa shape index (κ3) is 3.08. The highest BCUT2D eigenvalue weighted by Crippen LogP contribution is 2.26. The standard InChI is InChI=1S/C16H21N3S/c1-13(16-18-9-11-20-16)19-10-5-8-17-15(12-19)14-6-3-2-4-7-14/h2-4,6-7,9,11,13,15,17H,5,8,10,12H2,1H3. The molecule has 3 rings (SSSR count). The molecule has 0 spiro atoms. The fourth-order valence-electron chi connectivity index (χ4n) is 2.81. The quantitative estimate of drug-likeness (QED) is 0.939. The number of benzene rings is 1. The van der Waals surface area contributed by atoms with Gasteiger partial charge < -0.3 is 5.32 Å². The molecule has 0 radical (unpaired) electrons. The Hall–Kier alpha value is -1.23. The Morgan fingerprint density at radius 1 is 1.35 bits per heavy atom. The normalized spacial score (nSPS) is 22.4. The molecular weight excluding hydrogens is 266 g/mol. The Bertz CT molecular complexity index is 512. The van der Waals surface area contributed by atoms with Gasteiger partial charge in [-0.2, -0.15) is 0 Å². The van der Waals surface area contributed by atoms with Gasteiger partial charge in [-0.1, -0.05) is 30.3 Å². The summed E-state index contributed by atoms with van der Waals surface area (Å²) in [6.07, 6.45) is 3.10. The first-order chi connectivity index (χ1) is 9.84. The first kappa shape index (κ1) is 13.7. The van der Waals surface area contributed by atoms with Gasteiger partial charge in [-0.05, 0) is 25.5 Å². The molecule has 1 aromatic heterocycles. The van der Waals surface area contributed by atoms with Crippen molar-refractivity contribution in [3.63, 3.8) is 0 Å². The van der Waals surface area contributed by atoms with Gasteiger partial charge in [0.25, 0.3) is 0 Å². The van der Waals surface area contributed by atoms with Gasteiger partial charge in [-0.15, -0.1) is 11.3 Å². The zero-order valence-corrected chi connectivity index (χ0v) is 12.6. The molecule has 4 heteroatoms. The highest BCUT2D eigenvalue weighted by Gasteiger charge is 2.24. The second kappa shape index (κ2) is 6.48. The fourth-order valence-corrected chi connectivity index (χ4v) is 3.54. The third-order valence-corrected chi connectivity index (χ3v) is 4.93. The van der Waals surface area contributed by atoms with E-state index in [2.05, 4.69) is 57.8 Å². The lowest BCUT2D eigenvalue weighted by Crippen LogP contribution is -2.33. The van der Waals surface area contributed by atoms with Crippen molar-refractivity contribution in [2.45, 2.75) is 25.4 Å². The highest BCUT2D eigenvalue weighted by atomic mass is 32.1. The molecule has 0 aliphatic carbocycles. The smallest absolute Gasteiger partial charge is 0.109 e. The Morgan fingerprint density at radius 2 is 2.20 bits per heavy atom. The Kier molecular flexibility index (Phi) is 4.45. The van der Waals surface area contributed by atoms with E-state index in [0.717, 1.165) is 19.6 Å². The van der Waals surface area contributed by atoms with Crippen molar-refractivity contribution in [2.24, 2.45) is 0 Å². The van der Waals surface area contributed by atoms with Crippen molar-refractivity contribution < 1.29 is 0 Å². The summed E-state index contributed by atoms with van der Waals surface area (Å²) in [5, 5.41) is 6.96. The van der Waals surface area contributed by atoms with E-state index in [4.69, 9.17) is 0 Å². The first-order valence-corrected chi connectivity index (χ1v) is 8.14. The van der Waals surface area contributed by atoms with E-state index >= 15 is 0 Å². The van der Waals surface area contributed by atoms with Gasteiger partial charge in [0.1, 0.15) is 5.01 Å². The topological polar surface area (TPSA) is 28.2 Å². The molecule has 20 heavy (non-hydrogen) atoms. The Morgan fingerprint density at radius 3 is 2.95 bits per heavy atom. The first-order valence-electron chi connectivity index (χ1n) is 7.26. The van der Waals surface area contributed by atoms with Crippen LogP contribution in [0.5, 0.6) is 0 Å². The lowest BCUT2D eigenvalue weighted by Gasteiger charge is -2.29. The summed E-state index contributed by atoms with van der Waals surface area (Å²) in [6, 6.07) is 11.6. The average Bonchev–Trinajstić information content (AvgIpc) is 2.92. The average molecular weight is 287 g/mol. The molecule has 2 unspecified atom stereocenters. The minimum absolute atomic E-state index is 0.404. The van der Waals surface area contributed by atoms with Crippen LogP contribution < -0.4 is 5.32 Å². The summed E-state index contributed by atoms with van der Waals surface area (Å²) >= 11 is 1.76. The van der Waals surface area contributed by atoms with Crippen molar-refractivity contribution in [2.75, 3.05) is 19.6 Å². The highest BCUT2D eigenvalue weighted by molar-refractivity contribution is 7.09. The van der Waals surface area contributed by atoms with Crippen LogP contribution in [0.4, 0.5) is 0 Å². The predicted octanol–water partition coefficient (Wildman–Crippen LogP) is 3.24. The number of nitrogens with zero attached hydrogens (tertiary/aromatic N) is 2. The largest absolute Gasteiger partial charge is 0.309 e. The minimum Gasteiger partial charge on any atom is -0.309 e. The van der Waals surface area contributed by atoms with Crippen LogP contribution in [0, 0.1) is 0 Å². The van der Waals surface area contributed by atoms with E-state index in [1.165, 1.54) is 17.0 Å². The molecule has 1 aromatic carbocycles.